The summed E-state index contributed by atoms with van der Waals surface area (Å²) in [5.74, 6) is -0.517. The highest BCUT2D eigenvalue weighted by Gasteiger charge is 2.24. The zero-order chi connectivity index (χ0) is 17.5. The Labute approximate surface area is 142 Å². The Morgan fingerprint density at radius 3 is 2.67 bits per heavy atom. The van der Waals surface area contributed by atoms with E-state index in [0.29, 0.717) is 31.9 Å². The summed E-state index contributed by atoms with van der Waals surface area (Å²) in [5.41, 5.74) is 2.30. The minimum absolute atomic E-state index is 0.285. The fourth-order valence-corrected chi connectivity index (χ4v) is 3.84. The maximum absolute atomic E-state index is 12.2. The van der Waals surface area contributed by atoms with Gasteiger partial charge in [0.1, 0.15) is 4.88 Å². The van der Waals surface area contributed by atoms with Gasteiger partial charge in [0.25, 0.3) is 0 Å². The van der Waals surface area contributed by atoms with Crippen molar-refractivity contribution in [3.63, 3.8) is 0 Å². The molecular formula is C15H13N3O4S2. The van der Waals surface area contributed by atoms with Crippen LogP contribution in [-0.2, 0) is 14.6 Å². The number of aryl methyl sites for hydroxylation is 1. The molecule has 0 saturated carbocycles. The zero-order valence-corrected chi connectivity index (χ0v) is 14.7. The van der Waals surface area contributed by atoms with Crippen LogP contribution in [0.5, 0.6) is 0 Å². The first-order chi connectivity index (χ1) is 11.3. The average molecular weight is 363 g/mol. The molecule has 9 heteroatoms. The third kappa shape index (κ3) is 2.76. The molecule has 0 N–H and O–H groups in total. The Balaban J connectivity index is 2.42. The van der Waals surface area contributed by atoms with Crippen LogP contribution < -0.4 is 0 Å². The second kappa shape index (κ2) is 5.91. The molecule has 0 atom stereocenters. The molecule has 3 heterocycles. The van der Waals surface area contributed by atoms with Crippen molar-refractivity contribution in [3.8, 4) is 11.1 Å². The molecule has 0 aliphatic heterocycles. The Morgan fingerprint density at radius 2 is 2.04 bits per heavy atom. The highest BCUT2D eigenvalue weighted by Crippen LogP contribution is 2.39. The van der Waals surface area contributed by atoms with Crippen LogP contribution in [0.3, 0.4) is 0 Å². The molecule has 0 radical (unpaired) electrons. The number of carbonyl (C=O) groups is 1. The number of fused-ring (bicyclic) bond motifs is 1. The van der Waals surface area contributed by atoms with Crippen LogP contribution in [0.15, 0.2) is 29.7 Å². The second-order valence-corrected chi connectivity index (χ2v) is 8.03. The SMILES string of the molecule is COC(=O)c1sc2cnc(S(C)(=O)=O)nc2c1-c1cccnc1C. The smallest absolute Gasteiger partial charge is 0.348 e. The van der Waals surface area contributed by atoms with Crippen molar-refractivity contribution in [3.05, 3.63) is 35.1 Å². The van der Waals surface area contributed by atoms with Gasteiger partial charge in [-0.3, -0.25) is 4.98 Å². The number of hydrogen-bond acceptors (Lipinski definition) is 8. The lowest BCUT2D eigenvalue weighted by Crippen LogP contribution is -2.04. The molecule has 3 rings (SSSR count). The second-order valence-electron chi connectivity index (χ2n) is 5.07. The van der Waals surface area contributed by atoms with E-state index in [2.05, 4.69) is 15.0 Å². The van der Waals surface area contributed by atoms with Gasteiger partial charge < -0.3 is 4.74 Å². The van der Waals surface area contributed by atoms with Crippen LogP contribution in [0.2, 0.25) is 0 Å². The number of nitrogens with zero attached hydrogens (tertiary/aromatic N) is 3. The highest BCUT2D eigenvalue weighted by atomic mass is 32.2. The Hall–Kier alpha value is -2.39. The molecule has 0 aliphatic carbocycles. The molecule has 3 aromatic heterocycles. The van der Waals surface area contributed by atoms with Crippen molar-refractivity contribution in [1.29, 1.82) is 0 Å². The van der Waals surface area contributed by atoms with Crippen LogP contribution in [0, 0.1) is 6.92 Å². The summed E-state index contributed by atoms with van der Waals surface area (Å²) >= 11 is 1.16. The van der Waals surface area contributed by atoms with Crippen LogP contribution in [0.25, 0.3) is 21.3 Å². The number of hydrogen-bond donors (Lipinski definition) is 0. The summed E-state index contributed by atoms with van der Waals surface area (Å²) in [6.07, 6.45) is 4.09. The number of aromatic nitrogens is 3. The maximum atomic E-state index is 12.2. The van der Waals surface area contributed by atoms with Crippen molar-refractivity contribution in [2.75, 3.05) is 13.4 Å². The van der Waals surface area contributed by atoms with Crippen molar-refractivity contribution in [1.82, 2.24) is 15.0 Å². The lowest BCUT2D eigenvalue weighted by atomic mass is 10.0. The van der Waals surface area contributed by atoms with Crippen molar-refractivity contribution in [2.45, 2.75) is 12.1 Å². The van der Waals surface area contributed by atoms with Crippen LogP contribution in [-0.4, -0.2) is 42.7 Å². The van der Waals surface area contributed by atoms with Gasteiger partial charge in [-0.15, -0.1) is 11.3 Å². The first kappa shape index (κ1) is 16.5. The Bertz CT molecular complexity index is 1060. The van der Waals surface area contributed by atoms with E-state index in [1.165, 1.54) is 13.3 Å². The fraction of sp³-hybridized carbons (Fsp3) is 0.200. The van der Waals surface area contributed by atoms with E-state index in [4.69, 9.17) is 4.74 Å². The summed E-state index contributed by atoms with van der Waals surface area (Å²) in [7, 11) is -2.28. The third-order valence-corrected chi connectivity index (χ3v) is 5.34. The highest BCUT2D eigenvalue weighted by molar-refractivity contribution is 7.90. The number of esters is 1. The van der Waals surface area contributed by atoms with Gasteiger partial charge in [0, 0.05) is 35.5 Å². The number of thiophene rings is 1. The van der Waals surface area contributed by atoms with Crippen molar-refractivity contribution >= 4 is 37.4 Å². The molecule has 7 nitrogen and oxygen atoms in total. The molecule has 0 saturated heterocycles. The number of ether oxygens (including phenoxy) is 1. The molecule has 0 spiro atoms. The summed E-state index contributed by atoms with van der Waals surface area (Å²) in [6, 6.07) is 3.55. The lowest BCUT2D eigenvalue weighted by Gasteiger charge is -2.06. The normalized spacial score (nSPS) is 11.6. The fourth-order valence-electron chi connectivity index (χ4n) is 2.29. The molecule has 0 aliphatic rings. The predicted octanol–water partition coefficient (Wildman–Crippen LogP) is 2.25. The minimum atomic E-state index is -3.57. The van der Waals surface area contributed by atoms with E-state index < -0.39 is 15.8 Å². The molecule has 3 aromatic rings. The molecular weight excluding hydrogens is 350 g/mol. The van der Waals surface area contributed by atoms with Gasteiger partial charge >= 0.3 is 5.97 Å². The lowest BCUT2D eigenvalue weighted by molar-refractivity contribution is 0.0607. The van der Waals surface area contributed by atoms with Crippen molar-refractivity contribution < 1.29 is 17.9 Å². The number of rotatable bonds is 3. The zero-order valence-electron chi connectivity index (χ0n) is 13.1. The summed E-state index contributed by atoms with van der Waals surface area (Å²) < 4.78 is 29.0. The van der Waals surface area contributed by atoms with E-state index in [9.17, 15) is 13.2 Å². The van der Waals surface area contributed by atoms with Gasteiger partial charge in [-0.1, -0.05) is 6.07 Å². The average Bonchev–Trinajstić information content (AvgIpc) is 2.92. The topological polar surface area (TPSA) is 99.1 Å². The molecule has 0 amide bonds. The van der Waals surface area contributed by atoms with Gasteiger partial charge in [-0.2, -0.15) is 0 Å². The van der Waals surface area contributed by atoms with Crippen molar-refractivity contribution in [2.24, 2.45) is 0 Å². The first-order valence-corrected chi connectivity index (χ1v) is 9.53. The quantitative estimate of drug-likeness (QED) is 0.520. The largest absolute Gasteiger partial charge is 0.465 e. The number of carbonyl (C=O) groups excluding carboxylic acids is 1. The molecule has 0 fully saturated rings. The summed E-state index contributed by atoms with van der Waals surface area (Å²) in [4.78, 5) is 24.8. The summed E-state index contributed by atoms with van der Waals surface area (Å²) in [5, 5.41) is -0.285. The van der Waals surface area contributed by atoms with Gasteiger partial charge in [0.15, 0.2) is 0 Å². The van der Waals surface area contributed by atoms with E-state index >= 15 is 0 Å². The van der Waals surface area contributed by atoms with Gasteiger partial charge in [0.2, 0.25) is 15.0 Å². The predicted molar refractivity (Wildman–Crippen MR) is 89.8 cm³/mol. The maximum Gasteiger partial charge on any atom is 0.348 e. The molecule has 0 aromatic carbocycles. The monoisotopic (exact) mass is 363 g/mol. The first-order valence-electron chi connectivity index (χ1n) is 6.83. The Kier molecular flexibility index (Phi) is 4.06. The van der Waals surface area contributed by atoms with E-state index in [0.717, 1.165) is 17.6 Å². The van der Waals surface area contributed by atoms with E-state index in [1.807, 2.05) is 0 Å². The van der Waals surface area contributed by atoms with Crippen LogP contribution in [0.1, 0.15) is 15.4 Å². The van der Waals surface area contributed by atoms with E-state index in [1.54, 1.807) is 25.3 Å². The van der Waals surface area contributed by atoms with Crippen LogP contribution >= 0.6 is 11.3 Å². The molecule has 0 unspecified atom stereocenters. The number of methoxy groups -OCH3 is 1. The molecule has 0 bridgehead atoms. The van der Waals surface area contributed by atoms with Crippen LogP contribution in [0.4, 0.5) is 0 Å². The standard InChI is InChI=1S/C15H13N3O4S2/c1-8-9(5-4-6-16-8)11-12-10(23-13(11)14(19)22-2)7-17-15(18-12)24(3,20)21/h4-7H,1-3H3. The van der Waals surface area contributed by atoms with Gasteiger partial charge in [-0.25, -0.2) is 23.2 Å². The molecule has 24 heavy (non-hydrogen) atoms. The molecule has 124 valence electrons. The van der Waals surface area contributed by atoms with Gasteiger partial charge in [-0.05, 0) is 13.0 Å². The van der Waals surface area contributed by atoms with Gasteiger partial charge in [0.05, 0.1) is 17.3 Å². The van der Waals surface area contributed by atoms with E-state index in [-0.39, 0.29) is 5.16 Å². The third-order valence-electron chi connectivity index (χ3n) is 3.39. The summed E-state index contributed by atoms with van der Waals surface area (Å²) in [6.45, 7) is 1.80. The minimum Gasteiger partial charge on any atom is -0.465 e. The number of pyridine rings is 1. The Morgan fingerprint density at radius 1 is 1.29 bits per heavy atom. The number of sulfone groups is 1.